The molecule has 0 saturated carbocycles. The Labute approximate surface area is 126 Å². The van der Waals surface area contributed by atoms with E-state index in [1.54, 1.807) is 24.3 Å². The van der Waals surface area contributed by atoms with Crippen molar-refractivity contribution < 1.29 is 9.59 Å². The highest BCUT2D eigenvalue weighted by atomic mass is 16.2. The topological polar surface area (TPSA) is 49.4 Å². The molecule has 114 valence electrons. The molecule has 1 heterocycles. The SMILES string of the molecule is CCCCCNC(=O)c1ccc(C(=O)N2CCCC2)cc1. The van der Waals surface area contributed by atoms with Gasteiger partial charge >= 0.3 is 0 Å². The maximum atomic E-state index is 12.2. The van der Waals surface area contributed by atoms with Crippen LogP contribution in [0.2, 0.25) is 0 Å². The van der Waals surface area contributed by atoms with Gasteiger partial charge in [0.2, 0.25) is 0 Å². The Morgan fingerprint density at radius 3 is 2.29 bits per heavy atom. The highest BCUT2D eigenvalue weighted by Crippen LogP contribution is 2.13. The number of benzene rings is 1. The van der Waals surface area contributed by atoms with E-state index in [2.05, 4.69) is 12.2 Å². The molecule has 0 atom stereocenters. The molecule has 0 spiro atoms. The lowest BCUT2D eigenvalue weighted by Crippen LogP contribution is -2.28. The van der Waals surface area contributed by atoms with E-state index in [1.165, 1.54) is 0 Å². The number of carbonyl (C=O) groups is 2. The summed E-state index contributed by atoms with van der Waals surface area (Å²) in [6, 6.07) is 6.97. The van der Waals surface area contributed by atoms with Crippen molar-refractivity contribution in [1.82, 2.24) is 10.2 Å². The van der Waals surface area contributed by atoms with E-state index in [-0.39, 0.29) is 11.8 Å². The molecule has 0 aromatic heterocycles. The summed E-state index contributed by atoms with van der Waals surface area (Å²) < 4.78 is 0. The van der Waals surface area contributed by atoms with Crippen molar-refractivity contribution in [1.29, 1.82) is 0 Å². The third-order valence-electron chi connectivity index (χ3n) is 3.85. The van der Waals surface area contributed by atoms with Crippen molar-refractivity contribution in [3.8, 4) is 0 Å². The second kappa shape index (κ2) is 7.81. The Balaban J connectivity index is 1.88. The first kappa shape index (κ1) is 15.5. The van der Waals surface area contributed by atoms with Crippen molar-refractivity contribution in [3.63, 3.8) is 0 Å². The van der Waals surface area contributed by atoms with E-state index in [4.69, 9.17) is 0 Å². The Bertz CT molecular complexity index is 476. The van der Waals surface area contributed by atoms with Gasteiger partial charge in [-0.1, -0.05) is 19.8 Å². The second-order valence-electron chi connectivity index (χ2n) is 5.54. The molecule has 1 aliphatic heterocycles. The summed E-state index contributed by atoms with van der Waals surface area (Å²) >= 11 is 0. The Morgan fingerprint density at radius 2 is 1.67 bits per heavy atom. The molecule has 2 rings (SSSR count). The molecule has 4 heteroatoms. The van der Waals surface area contributed by atoms with Crippen LogP contribution in [0.1, 0.15) is 59.7 Å². The zero-order valence-corrected chi connectivity index (χ0v) is 12.7. The lowest BCUT2D eigenvalue weighted by atomic mass is 10.1. The molecule has 1 aromatic carbocycles. The van der Waals surface area contributed by atoms with Gasteiger partial charge in [0, 0.05) is 30.8 Å². The molecule has 0 radical (unpaired) electrons. The van der Waals surface area contributed by atoms with Gasteiger partial charge in [-0.3, -0.25) is 9.59 Å². The summed E-state index contributed by atoms with van der Waals surface area (Å²) in [6.07, 6.45) is 5.45. The van der Waals surface area contributed by atoms with Crippen molar-refractivity contribution in [2.75, 3.05) is 19.6 Å². The molecule has 0 aliphatic carbocycles. The highest BCUT2D eigenvalue weighted by Gasteiger charge is 2.19. The van der Waals surface area contributed by atoms with E-state index in [0.717, 1.165) is 45.2 Å². The Morgan fingerprint density at radius 1 is 1.05 bits per heavy atom. The van der Waals surface area contributed by atoms with Crippen LogP contribution < -0.4 is 5.32 Å². The summed E-state index contributed by atoms with van der Waals surface area (Å²) in [6.45, 7) is 4.54. The first-order valence-corrected chi connectivity index (χ1v) is 7.90. The molecular weight excluding hydrogens is 264 g/mol. The summed E-state index contributed by atoms with van der Waals surface area (Å²) in [7, 11) is 0. The predicted octanol–water partition coefficient (Wildman–Crippen LogP) is 2.84. The zero-order chi connectivity index (χ0) is 15.1. The fraction of sp³-hybridized carbons (Fsp3) is 0.529. The van der Waals surface area contributed by atoms with E-state index in [9.17, 15) is 9.59 Å². The summed E-state index contributed by atoms with van der Waals surface area (Å²) in [5.41, 5.74) is 1.28. The highest BCUT2D eigenvalue weighted by molar-refractivity contribution is 5.97. The number of hydrogen-bond donors (Lipinski definition) is 1. The van der Waals surface area contributed by atoms with Crippen LogP contribution in [0.25, 0.3) is 0 Å². The average molecular weight is 288 g/mol. The monoisotopic (exact) mass is 288 g/mol. The number of nitrogens with zero attached hydrogens (tertiary/aromatic N) is 1. The van der Waals surface area contributed by atoms with E-state index in [1.807, 2.05) is 4.90 Å². The predicted molar refractivity (Wildman–Crippen MR) is 83.4 cm³/mol. The van der Waals surface area contributed by atoms with Crippen LogP contribution in [0.3, 0.4) is 0 Å². The smallest absolute Gasteiger partial charge is 0.253 e. The molecule has 21 heavy (non-hydrogen) atoms. The number of carbonyl (C=O) groups excluding carboxylic acids is 2. The molecule has 1 aliphatic rings. The lowest BCUT2D eigenvalue weighted by Gasteiger charge is -2.15. The second-order valence-corrected chi connectivity index (χ2v) is 5.54. The fourth-order valence-corrected chi connectivity index (χ4v) is 2.55. The average Bonchev–Trinajstić information content (AvgIpc) is 3.05. The Hall–Kier alpha value is -1.84. The zero-order valence-electron chi connectivity index (χ0n) is 12.7. The number of likely N-dealkylation sites (tertiary alicyclic amines) is 1. The fourth-order valence-electron chi connectivity index (χ4n) is 2.55. The van der Waals surface area contributed by atoms with Gasteiger partial charge in [-0.25, -0.2) is 0 Å². The normalized spacial score (nSPS) is 14.2. The minimum Gasteiger partial charge on any atom is -0.352 e. The number of rotatable bonds is 6. The quantitative estimate of drug-likeness (QED) is 0.818. The van der Waals surface area contributed by atoms with Crippen molar-refractivity contribution in [3.05, 3.63) is 35.4 Å². The van der Waals surface area contributed by atoms with Crippen molar-refractivity contribution in [2.45, 2.75) is 39.0 Å². The summed E-state index contributed by atoms with van der Waals surface area (Å²) in [5, 5.41) is 2.90. The molecule has 0 bridgehead atoms. The first-order valence-electron chi connectivity index (χ1n) is 7.90. The molecule has 1 saturated heterocycles. The van der Waals surface area contributed by atoms with E-state index < -0.39 is 0 Å². The third-order valence-corrected chi connectivity index (χ3v) is 3.85. The third kappa shape index (κ3) is 4.31. The van der Waals surface area contributed by atoms with Gasteiger partial charge < -0.3 is 10.2 Å². The van der Waals surface area contributed by atoms with Gasteiger partial charge in [0.05, 0.1) is 0 Å². The van der Waals surface area contributed by atoms with Crippen LogP contribution >= 0.6 is 0 Å². The maximum absolute atomic E-state index is 12.2. The van der Waals surface area contributed by atoms with Crippen LogP contribution in [0.15, 0.2) is 24.3 Å². The van der Waals surface area contributed by atoms with Crippen LogP contribution in [-0.2, 0) is 0 Å². The molecule has 1 fully saturated rings. The molecule has 0 unspecified atom stereocenters. The first-order chi connectivity index (χ1) is 10.2. The largest absolute Gasteiger partial charge is 0.352 e. The standard InChI is InChI=1S/C17H24N2O2/c1-2-3-4-11-18-16(20)14-7-9-15(10-8-14)17(21)19-12-5-6-13-19/h7-10H,2-6,11-13H2,1H3,(H,18,20). The number of hydrogen-bond acceptors (Lipinski definition) is 2. The van der Waals surface area contributed by atoms with Crippen molar-refractivity contribution in [2.24, 2.45) is 0 Å². The van der Waals surface area contributed by atoms with Gasteiger partial charge in [-0.15, -0.1) is 0 Å². The molecular formula is C17H24N2O2. The molecule has 1 N–H and O–H groups in total. The molecule has 4 nitrogen and oxygen atoms in total. The minimum absolute atomic E-state index is 0.0636. The lowest BCUT2D eigenvalue weighted by molar-refractivity contribution is 0.0792. The van der Waals surface area contributed by atoms with Crippen LogP contribution in [-0.4, -0.2) is 36.3 Å². The van der Waals surface area contributed by atoms with E-state index >= 15 is 0 Å². The molecule has 1 aromatic rings. The number of amides is 2. The van der Waals surface area contributed by atoms with Crippen LogP contribution in [0.5, 0.6) is 0 Å². The van der Waals surface area contributed by atoms with Gasteiger partial charge in [0.1, 0.15) is 0 Å². The maximum Gasteiger partial charge on any atom is 0.253 e. The number of nitrogens with one attached hydrogen (secondary N) is 1. The van der Waals surface area contributed by atoms with Gasteiger partial charge in [0.25, 0.3) is 11.8 Å². The van der Waals surface area contributed by atoms with E-state index in [0.29, 0.717) is 17.7 Å². The summed E-state index contributed by atoms with van der Waals surface area (Å²) in [5.74, 6) is 0.00804. The Kier molecular flexibility index (Phi) is 5.78. The number of unbranched alkanes of at least 4 members (excludes halogenated alkanes) is 2. The van der Waals surface area contributed by atoms with Crippen LogP contribution in [0.4, 0.5) is 0 Å². The van der Waals surface area contributed by atoms with Crippen molar-refractivity contribution >= 4 is 11.8 Å². The van der Waals surface area contributed by atoms with Crippen LogP contribution in [0, 0.1) is 0 Å². The van der Waals surface area contributed by atoms with Gasteiger partial charge in [0.15, 0.2) is 0 Å². The molecule has 2 amide bonds. The van der Waals surface area contributed by atoms with Gasteiger partial charge in [-0.2, -0.15) is 0 Å². The minimum atomic E-state index is -0.0636. The van der Waals surface area contributed by atoms with Gasteiger partial charge in [-0.05, 0) is 43.5 Å². The summed E-state index contributed by atoms with van der Waals surface area (Å²) in [4.78, 5) is 26.0.